The van der Waals surface area contributed by atoms with Crippen LogP contribution in [-0.4, -0.2) is 14.9 Å². The highest BCUT2D eigenvalue weighted by molar-refractivity contribution is 6.32. The molecule has 0 unspecified atom stereocenters. The molecule has 0 heterocycles. The molecule has 0 spiro atoms. The van der Waals surface area contributed by atoms with Crippen molar-refractivity contribution < 1.29 is 9.53 Å². The molecule has 0 fully saturated rings. The van der Waals surface area contributed by atoms with E-state index in [1.54, 1.807) is 13.8 Å². The third-order valence-electron chi connectivity index (χ3n) is 2.02. The van der Waals surface area contributed by atoms with E-state index in [1.165, 1.54) is 0 Å². The quantitative estimate of drug-likeness (QED) is 0.817. The Morgan fingerprint density at radius 1 is 1.12 bits per heavy atom. The van der Waals surface area contributed by atoms with E-state index in [0.717, 1.165) is 11.3 Å². The van der Waals surface area contributed by atoms with Crippen LogP contribution in [0.4, 0.5) is 0 Å². The fraction of sp³-hybridized carbons (Fsp3) is 0.538. The summed E-state index contributed by atoms with van der Waals surface area (Å²) < 4.78 is 5.72. The van der Waals surface area contributed by atoms with E-state index in [0.29, 0.717) is 9.76 Å². The Kier molecular flexibility index (Phi) is 3.81. The highest BCUT2D eigenvalue weighted by Crippen LogP contribution is 2.26. The number of benzene rings is 1. The van der Waals surface area contributed by atoms with Gasteiger partial charge in [-0.3, -0.25) is 0 Å². The molecule has 2 nitrogen and oxygen atoms in total. The van der Waals surface area contributed by atoms with Gasteiger partial charge >= 0.3 is 9.76 Å². The number of hydrogen-bond donors (Lipinski definition) is 1. The largest absolute Gasteiger partial charge is 0.540 e. The second kappa shape index (κ2) is 4.59. The SMILES string of the molecule is CC(C)(C)[Si]Oc1cccc(C(C)(C)O)c1. The first-order valence-electron chi connectivity index (χ1n) is 5.45. The Morgan fingerprint density at radius 2 is 1.75 bits per heavy atom. The number of rotatable bonds is 3. The third-order valence-corrected chi connectivity index (χ3v) is 2.97. The minimum atomic E-state index is -0.815. The van der Waals surface area contributed by atoms with Crippen molar-refractivity contribution in [3.63, 3.8) is 0 Å². The maximum Gasteiger partial charge on any atom is 0.316 e. The maximum absolute atomic E-state index is 9.89. The zero-order valence-corrected chi connectivity index (χ0v) is 11.7. The summed E-state index contributed by atoms with van der Waals surface area (Å²) in [5, 5.41) is 10.1. The van der Waals surface area contributed by atoms with Crippen LogP contribution in [0.5, 0.6) is 5.75 Å². The van der Waals surface area contributed by atoms with Crippen molar-refractivity contribution in [2.45, 2.75) is 45.3 Å². The van der Waals surface area contributed by atoms with Crippen LogP contribution in [-0.2, 0) is 5.60 Å². The van der Waals surface area contributed by atoms with E-state index in [2.05, 4.69) is 20.8 Å². The van der Waals surface area contributed by atoms with Gasteiger partial charge in [0.2, 0.25) is 0 Å². The molecular weight excluding hydrogens is 216 g/mol. The van der Waals surface area contributed by atoms with Crippen LogP contribution >= 0.6 is 0 Å². The van der Waals surface area contributed by atoms with Gasteiger partial charge in [0.15, 0.2) is 0 Å². The topological polar surface area (TPSA) is 29.5 Å². The lowest BCUT2D eigenvalue weighted by Crippen LogP contribution is -2.17. The van der Waals surface area contributed by atoms with Crippen molar-refractivity contribution in [2.75, 3.05) is 0 Å². The minimum Gasteiger partial charge on any atom is -0.540 e. The fourth-order valence-electron chi connectivity index (χ4n) is 1.15. The number of aliphatic hydroxyl groups is 1. The van der Waals surface area contributed by atoms with E-state index in [1.807, 2.05) is 24.3 Å². The van der Waals surface area contributed by atoms with Gasteiger partial charge in [-0.2, -0.15) is 0 Å². The van der Waals surface area contributed by atoms with Gasteiger partial charge in [0.25, 0.3) is 0 Å². The zero-order chi connectivity index (χ0) is 12.4. The average Bonchev–Trinajstić information content (AvgIpc) is 2.13. The first-order valence-corrected chi connectivity index (χ1v) is 6.36. The molecule has 0 amide bonds. The molecule has 2 radical (unpaired) electrons. The van der Waals surface area contributed by atoms with Crippen LogP contribution in [0.15, 0.2) is 24.3 Å². The smallest absolute Gasteiger partial charge is 0.316 e. The first-order chi connectivity index (χ1) is 7.18. The predicted octanol–water partition coefficient (Wildman–Crippen LogP) is 3.13. The van der Waals surface area contributed by atoms with Crippen molar-refractivity contribution in [3.05, 3.63) is 29.8 Å². The Labute approximate surface area is 101 Å². The van der Waals surface area contributed by atoms with Gasteiger partial charge in [-0.25, -0.2) is 0 Å². The summed E-state index contributed by atoms with van der Waals surface area (Å²) in [6, 6.07) is 7.65. The summed E-state index contributed by atoms with van der Waals surface area (Å²) in [6.45, 7) is 9.98. The molecule has 0 aliphatic heterocycles. The summed E-state index contributed by atoms with van der Waals surface area (Å²) in [7, 11) is 0.417. The van der Waals surface area contributed by atoms with Gasteiger partial charge in [-0.05, 0) is 36.6 Å². The molecule has 0 aliphatic rings. The summed E-state index contributed by atoms with van der Waals surface area (Å²) in [5.41, 5.74) is 0.0632. The monoisotopic (exact) mass is 236 g/mol. The number of hydrogen-bond acceptors (Lipinski definition) is 2. The van der Waals surface area contributed by atoms with Crippen LogP contribution in [0, 0.1) is 0 Å². The summed E-state index contributed by atoms with van der Waals surface area (Å²) in [6.07, 6.45) is 0. The van der Waals surface area contributed by atoms with Gasteiger partial charge in [-0.1, -0.05) is 32.9 Å². The average molecular weight is 236 g/mol. The zero-order valence-electron chi connectivity index (χ0n) is 10.7. The maximum atomic E-state index is 9.89. The molecule has 16 heavy (non-hydrogen) atoms. The van der Waals surface area contributed by atoms with Crippen LogP contribution < -0.4 is 4.43 Å². The normalized spacial score (nSPS) is 12.6. The van der Waals surface area contributed by atoms with Crippen molar-refractivity contribution in [2.24, 2.45) is 0 Å². The second-order valence-electron chi connectivity index (χ2n) is 5.54. The van der Waals surface area contributed by atoms with E-state index in [9.17, 15) is 5.11 Å². The van der Waals surface area contributed by atoms with Crippen LogP contribution in [0.2, 0.25) is 5.04 Å². The molecule has 0 aromatic heterocycles. The molecular formula is C13H20O2Si. The summed E-state index contributed by atoms with van der Waals surface area (Å²) >= 11 is 0. The minimum absolute atomic E-state index is 0.171. The van der Waals surface area contributed by atoms with Crippen molar-refractivity contribution in [3.8, 4) is 5.75 Å². The molecule has 88 valence electrons. The molecule has 1 aromatic carbocycles. The Hall–Kier alpha value is -0.803. The van der Waals surface area contributed by atoms with Crippen molar-refractivity contribution in [1.82, 2.24) is 0 Å². The van der Waals surface area contributed by atoms with Crippen LogP contribution in [0.25, 0.3) is 0 Å². The van der Waals surface area contributed by atoms with E-state index < -0.39 is 5.60 Å². The third kappa shape index (κ3) is 4.37. The van der Waals surface area contributed by atoms with Crippen molar-refractivity contribution in [1.29, 1.82) is 0 Å². The molecule has 1 N–H and O–H groups in total. The van der Waals surface area contributed by atoms with Gasteiger partial charge in [-0.15, -0.1) is 0 Å². The van der Waals surface area contributed by atoms with E-state index >= 15 is 0 Å². The summed E-state index contributed by atoms with van der Waals surface area (Å²) in [5.74, 6) is 0.827. The molecule has 3 heteroatoms. The molecule has 1 aromatic rings. The van der Waals surface area contributed by atoms with Gasteiger partial charge < -0.3 is 9.53 Å². The van der Waals surface area contributed by atoms with E-state index in [4.69, 9.17) is 4.43 Å². The molecule has 0 saturated heterocycles. The van der Waals surface area contributed by atoms with Gasteiger partial charge in [0.05, 0.1) is 5.60 Å². The van der Waals surface area contributed by atoms with Crippen LogP contribution in [0.3, 0.4) is 0 Å². The fourth-order valence-corrected chi connectivity index (χ4v) is 1.70. The first kappa shape index (κ1) is 13.3. The molecule has 0 atom stereocenters. The molecule has 0 bridgehead atoms. The van der Waals surface area contributed by atoms with Crippen molar-refractivity contribution >= 4 is 9.76 Å². The molecule has 1 rings (SSSR count). The summed E-state index contributed by atoms with van der Waals surface area (Å²) in [4.78, 5) is 0. The van der Waals surface area contributed by atoms with Crippen LogP contribution in [0.1, 0.15) is 40.2 Å². The Morgan fingerprint density at radius 3 is 2.25 bits per heavy atom. The highest BCUT2D eigenvalue weighted by Gasteiger charge is 2.18. The Balaban J connectivity index is 2.76. The second-order valence-corrected chi connectivity index (χ2v) is 7.45. The standard InChI is InChI=1S/C13H20O2Si/c1-12(2,3)16-15-11-8-6-7-10(9-11)13(4,5)14/h6-9,14H,1-5H3. The lowest BCUT2D eigenvalue weighted by Gasteiger charge is -2.20. The lowest BCUT2D eigenvalue weighted by atomic mass is 9.98. The van der Waals surface area contributed by atoms with E-state index in [-0.39, 0.29) is 5.04 Å². The molecule has 0 saturated carbocycles. The Bertz CT molecular complexity index is 348. The van der Waals surface area contributed by atoms with Gasteiger partial charge in [0, 0.05) is 0 Å². The molecule has 0 aliphatic carbocycles. The van der Waals surface area contributed by atoms with Gasteiger partial charge in [0.1, 0.15) is 5.75 Å². The highest BCUT2D eigenvalue weighted by atomic mass is 28.2. The lowest BCUT2D eigenvalue weighted by molar-refractivity contribution is 0.0784. The predicted molar refractivity (Wildman–Crippen MR) is 67.8 cm³/mol.